The van der Waals surface area contributed by atoms with Crippen LogP contribution in [0.2, 0.25) is 5.02 Å². The van der Waals surface area contributed by atoms with E-state index in [9.17, 15) is 4.79 Å². The number of rotatable bonds is 3. The summed E-state index contributed by atoms with van der Waals surface area (Å²) >= 11 is 5.92. The van der Waals surface area contributed by atoms with E-state index >= 15 is 0 Å². The van der Waals surface area contributed by atoms with Crippen LogP contribution in [0.4, 0.5) is 5.69 Å². The van der Waals surface area contributed by atoms with Crippen molar-refractivity contribution in [3.63, 3.8) is 0 Å². The van der Waals surface area contributed by atoms with Gasteiger partial charge in [0.05, 0.1) is 17.1 Å². The number of halogens is 1. The van der Waals surface area contributed by atoms with Gasteiger partial charge >= 0.3 is 0 Å². The maximum absolute atomic E-state index is 11.8. The molecule has 7 heteroatoms. The largest absolute Gasteiger partial charge is 0.399 e. The van der Waals surface area contributed by atoms with Crippen molar-refractivity contribution in [2.24, 2.45) is 0 Å². The van der Waals surface area contributed by atoms with E-state index in [4.69, 9.17) is 21.9 Å². The Morgan fingerprint density at radius 3 is 2.94 bits per heavy atom. The van der Waals surface area contributed by atoms with Crippen molar-refractivity contribution < 1.29 is 9.32 Å². The monoisotopic (exact) mass is 266 g/mol. The summed E-state index contributed by atoms with van der Waals surface area (Å²) in [6.07, 6.45) is 0. The van der Waals surface area contributed by atoms with E-state index in [-0.39, 0.29) is 12.5 Å². The molecule has 94 valence electrons. The summed E-state index contributed by atoms with van der Waals surface area (Å²) in [5.41, 5.74) is 6.40. The lowest BCUT2D eigenvalue weighted by Gasteiger charge is -2.05. The summed E-state index contributed by atoms with van der Waals surface area (Å²) in [5.74, 6) is 0.535. The molecule has 0 unspecified atom stereocenters. The zero-order valence-corrected chi connectivity index (χ0v) is 10.4. The fourth-order valence-corrected chi connectivity index (χ4v) is 1.65. The molecule has 0 aliphatic rings. The first-order chi connectivity index (χ1) is 8.56. The van der Waals surface area contributed by atoms with E-state index in [1.54, 1.807) is 19.1 Å². The van der Waals surface area contributed by atoms with E-state index in [2.05, 4.69) is 15.5 Å². The third-order valence-corrected chi connectivity index (χ3v) is 2.52. The lowest BCUT2D eigenvalue weighted by molar-refractivity contribution is 0.0946. The fourth-order valence-electron chi connectivity index (χ4n) is 1.38. The Kier molecular flexibility index (Phi) is 3.47. The summed E-state index contributed by atoms with van der Waals surface area (Å²) in [5, 5.41) is 6.55. The highest BCUT2D eigenvalue weighted by atomic mass is 35.5. The average Bonchev–Trinajstić information content (AvgIpc) is 2.72. The molecule has 6 nitrogen and oxygen atoms in total. The van der Waals surface area contributed by atoms with Gasteiger partial charge in [0.25, 0.3) is 5.91 Å². The molecule has 3 N–H and O–H groups in total. The standard InChI is InChI=1S/C11H11ClN4O2/c1-6-15-10(18-16-6)5-14-11(17)8-3-2-7(13)4-9(8)12/h2-4H,5,13H2,1H3,(H,14,17). The van der Waals surface area contributed by atoms with Crippen LogP contribution in [0.25, 0.3) is 0 Å². The van der Waals surface area contributed by atoms with Crippen LogP contribution >= 0.6 is 11.6 Å². The van der Waals surface area contributed by atoms with Crippen LogP contribution in [0, 0.1) is 6.92 Å². The Morgan fingerprint density at radius 1 is 1.56 bits per heavy atom. The maximum atomic E-state index is 11.8. The number of hydrogen-bond acceptors (Lipinski definition) is 5. The van der Waals surface area contributed by atoms with Gasteiger partial charge in [-0.05, 0) is 25.1 Å². The second-order valence-corrected chi connectivity index (χ2v) is 4.06. The molecule has 0 radical (unpaired) electrons. The molecule has 0 saturated heterocycles. The van der Waals surface area contributed by atoms with Gasteiger partial charge in [0.2, 0.25) is 5.89 Å². The van der Waals surface area contributed by atoms with Gasteiger partial charge in [-0.15, -0.1) is 0 Å². The molecular formula is C11H11ClN4O2. The molecule has 1 amide bonds. The molecule has 18 heavy (non-hydrogen) atoms. The molecule has 2 rings (SSSR count). The highest BCUT2D eigenvalue weighted by Gasteiger charge is 2.11. The van der Waals surface area contributed by atoms with Gasteiger partial charge in [-0.2, -0.15) is 4.98 Å². The van der Waals surface area contributed by atoms with Crippen molar-refractivity contribution in [2.75, 3.05) is 5.73 Å². The topological polar surface area (TPSA) is 94.0 Å². The Hall–Kier alpha value is -2.08. The molecule has 0 aliphatic carbocycles. The number of nitrogens with zero attached hydrogens (tertiary/aromatic N) is 2. The molecule has 2 aromatic rings. The van der Waals surface area contributed by atoms with E-state index in [0.717, 1.165) is 0 Å². The van der Waals surface area contributed by atoms with Crippen LogP contribution < -0.4 is 11.1 Å². The van der Waals surface area contributed by atoms with Crippen molar-refractivity contribution >= 4 is 23.2 Å². The van der Waals surface area contributed by atoms with Crippen LogP contribution in [0.15, 0.2) is 22.7 Å². The van der Waals surface area contributed by atoms with E-state index in [1.807, 2.05) is 0 Å². The third-order valence-electron chi connectivity index (χ3n) is 2.21. The van der Waals surface area contributed by atoms with Crippen molar-refractivity contribution in [1.82, 2.24) is 15.5 Å². The number of nitrogens with one attached hydrogen (secondary N) is 1. The molecule has 1 aromatic carbocycles. The van der Waals surface area contributed by atoms with E-state index in [1.165, 1.54) is 6.07 Å². The number of aryl methyl sites for hydroxylation is 1. The number of benzene rings is 1. The van der Waals surface area contributed by atoms with Gasteiger partial charge < -0.3 is 15.6 Å². The minimum absolute atomic E-state index is 0.153. The quantitative estimate of drug-likeness (QED) is 0.822. The predicted molar refractivity (Wildman–Crippen MR) is 66.1 cm³/mol. The smallest absolute Gasteiger partial charge is 0.253 e. The van der Waals surface area contributed by atoms with Crippen molar-refractivity contribution in [3.8, 4) is 0 Å². The fraction of sp³-hybridized carbons (Fsp3) is 0.182. The molecule has 1 aromatic heterocycles. The normalized spacial score (nSPS) is 10.3. The molecule has 1 heterocycles. The highest BCUT2D eigenvalue weighted by molar-refractivity contribution is 6.34. The van der Waals surface area contributed by atoms with Crippen LogP contribution in [0.5, 0.6) is 0 Å². The third kappa shape index (κ3) is 2.78. The van der Waals surface area contributed by atoms with Crippen molar-refractivity contribution in [2.45, 2.75) is 13.5 Å². The second kappa shape index (κ2) is 5.05. The summed E-state index contributed by atoms with van der Waals surface area (Å²) in [7, 11) is 0. The number of carbonyl (C=O) groups is 1. The minimum Gasteiger partial charge on any atom is -0.399 e. The minimum atomic E-state index is -0.323. The zero-order chi connectivity index (χ0) is 13.1. The second-order valence-electron chi connectivity index (χ2n) is 3.66. The van der Waals surface area contributed by atoms with E-state index in [0.29, 0.717) is 28.0 Å². The molecule has 0 saturated carbocycles. The molecule has 0 atom stereocenters. The number of amides is 1. The van der Waals surface area contributed by atoms with Crippen LogP contribution in [-0.2, 0) is 6.54 Å². The lowest BCUT2D eigenvalue weighted by atomic mass is 10.2. The average molecular weight is 267 g/mol. The summed E-state index contributed by atoms with van der Waals surface area (Å²) in [4.78, 5) is 15.8. The number of hydrogen-bond donors (Lipinski definition) is 2. The van der Waals surface area contributed by atoms with E-state index < -0.39 is 0 Å². The van der Waals surface area contributed by atoms with Gasteiger partial charge in [-0.25, -0.2) is 0 Å². The predicted octanol–water partition coefficient (Wildman–Crippen LogP) is 1.54. The number of nitrogens with two attached hydrogens (primary N) is 1. The Balaban J connectivity index is 2.03. The van der Waals surface area contributed by atoms with Crippen molar-refractivity contribution in [1.29, 1.82) is 0 Å². The van der Waals surface area contributed by atoms with Gasteiger partial charge in [-0.3, -0.25) is 4.79 Å². The molecule has 0 spiro atoms. The summed E-state index contributed by atoms with van der Waals surface area (Å²) in [6.45, 7) is 1.85. The number of carbonyl (C=O) groups excluding carboxylic acids is 1. The molecule has 0 fully saturated rings. The zero-order valence-electron chi connectivity index (χ0n) is 9.61. The Morgan fingerprint density at radius 2 is 2.33 bits per heavy atom. The summed E-state index contributed by atoms with van der Waals surface area (Å²) < 4.78 is 4.87. The number of aromatic nitrogens is 2. The molecule has 0 bridgehead atoms. The van der Waals surface area contributed by atoms with Gasteiger partial charge in [-0.1, -0.05) is 16.8 Å². The summed E-state index contributed by atoms with van der Waals surface area (Å²) in [6, 6.07) is 4.69. The maximum Gasteiger partial charge on any atom is 0.253 e. The van der Waals surface area contributed by atoms with Crippen LogP contribution in [0.3, 0.4) is 0 Å². The first kappa shape index (κ1) is 12.4. The number of nitrogen functional groups attached to an aromatic ring is 1. The Labute approximate surface area is 108 Å². The van der Waals surface area contributed by atoms with Crippen LogP contribution in [-0.4, -0.2) is 16.0 Å². The highest BCUT2D eigenvalue weighted by Crippen LogP contribution is 2.18. The van der Waals surface area contributed by atoms with Gasteiger partial charge in [0, 0.05) is 5.69 Å². The first-order valence-corrected chi connectivity index (χ1v) is 5.56. The van der Waals surface area contributed by atoms with Gasteiger partial charge in [0.15, 0.2) is 5.82 Å². The Bertz CT molecular complexity index is 582. The van der Waals surface area contributed by atoms with Crippen LogP contribution in [0.1, 0.15) is 22.1 Å². The lowest BCUT2D eigenvalue weighted by Crippen LogP contribution is -2.23. The number of anilines is 1. The first-order valence-electron chi connectivity index (χ1n) is 5.18. The molecule has 0 aliphatic heterocycles. The molecular weight excluding hydrogens is 256 g/mol. The van der Waals surface area contributed by atoms with Crippen molar-refractivity contribution in [3.05, 3.63) is 40.5 Å². The van der Waals surface area contributed by atoms with Gasteiger partial charge in [0.1, 0.15) is 0 Å². The SMILES string of the molecule is Cc1noc(CNC(=O)c2ccc(N)cc2Cl)n1.